The van der Waals surface area contributed by atoms with Crippen LogP contribution in [0.1, 0.15) is 29.8 Å². The van der Waals surface area contributed by atoms with Gasteiger partial charge in [0, 0.05) is 12.5 Å². The van der Waals surface area contributed by atoms with E-state index in [-0.39, 0.29) is 5.56 Å². The third-order valence-electron chi connectivity index (χ3n) is 2.20. The summed E-state index contributed by atoms with van der Waals surface area (Å²) in [5, 5.41) is 7.74. The molecule has 0 saturated heterocycles. The average molecular weight is 289 g/mol. The van der Waals surface area contributed by atoms with E-state index in [1.165, 1.54) is 13.2 Å². The number of carbonyl (C=O) groups excluding carboxylic acids is 1. The van der Waals surface area contributed by atoms with Crippen LogP contribution in [0.5, 0.6) is 5.75 Å². The number of methoxy groups -OCH3 is 1. The number of aliphatic carboxylic acids is 1. The molecule has 7 heteroatoms. The number of benzene rings is 1. The fourth-order valence-electron chi connectivity index (χ4n) is 1.47. The topological polar surface area (TPSA) is 116 Å². The largest absolute Gasteiger partial charge is 0.496 e. The quantitative estimate of drug-likeness (QED) is 0.732. The smallest absolute Gasteiger partial charge is 0.300 e. The number of rotatable bonds is 3. The van der Waals surface area contributed by atoms with Crippen LogP contribution in [0.2, 0.25) is 5.02 Å². The van der Waals surface area contributed by atoms with Crippen LogP contribution >= 0.6 is 11.6 Å². The number of ether oxygens (including phenoxy) is 1. The summed E-state index contributed by atoms with van der Waals surface area (Å²) in [5.74, 6) is -1.00. The Balaban J connectivity index is 0.000000711. The van der Waals surface area contributed by atoms with Gasteiger partial charge in [-0.15, -0.1) is 0 Å². The zero-order valence-electron chi connectivity index (χ0n) is 11.0. The molecule has 1 aromatic rings. The molecular weight excluding hydrogens is 272 g/mol. The minimum absolute atomic E-state index is 0.258. The molecule has 1 aromatic carbocycles. The molecule has 0 radical (unpaired) electrons. The molecule has 0 aliphatic carbocycles. The standard InChI is InChI=1S/C10H13ClN2O2.C2H4O2/c1-3-5-8(12)7(11)4-6(10(13)14)9(5)15-2;1-2(3)4/h4H,3,12H2,1-2H3,(H2,13,14);1H3,(H,3,4). The van der Waals surface area contributed by atoms with Crippen LogP contribution in [-0.2, 0) is 11.2 Å². The third-order valence-corrected chi connectivity index (χ3v) is 2.51. The van der Waals surface area contributed by atoms with Crippen molar-refractivity contribution in [2.45, 2.75) is 20.3 Å². The van der Waals surface area contributed by atoms with Crippen molar-refractivity contribution in [1.82, 2.24) is 0 Å². The van der Waals surface area contributed by atoms with Crippen LogP contribution in [0.25, 0.3) is 0 Å². The van der Waals surface area contributed by atoms with E-state index in [9.17, 15) is 4.79 Å². The molecule has 0 unspecified atom stereocenters. The van der Waals surface area contributed by atoms with Gasteiger partial charge in [0.1, 0.15) is 5.75 Å². The number of nitrogen functional groups attached to an aromatic ring is 1. The molecule has 0 aromatic heterocycles. The lowest BCUT2D eigenvalue weighted by Gasteiger charge is -2.14. The first-order chi connectivity index (χ1) is 8.76. The van der Waals surface area contributed by atoms with Crippen molar-refractivity contribution in [2.24, 2.45) is 5.73 Å². The lowest BCUT2D eigenvalue weighted by molar-refractivity contribution is -0.134. The maximum atomic E-state index is 11.2. The maximum Gasteiger partial charge on any atom is 0.300 e. The fraction of sp³-hybridized carbons (Fsp3) is 0.333. The van der Waals surface area contributed by atoms with E-state index in [0.717, 1.165) is 6.92 Å². The molecule has 0 aliphatic rings. The molecule has 0 heterocycles. The Labute approximate surface area is 116 Å². The van der Waals surface area contributed by atoms with Gasteiger partial charge in [0.05, 0.1) is 23.4 Å². The number of halogens is 1. The monoisotopic (exact) mass is 288 g/mol. The highest BCUT2D eigenvalue weighted by molar-refractivity contribution is 6.33. The number of carboxylic acid groups (broad SMARTS) is 1. The highest BCUT2D eigenvalue weighted by atomic mass is 35.5. The summed E-state index contributed by atoms with van der Waals surface area (Å²) in [6.07, 6.45) is 0.621. The van der Waals surface area contributed by atoms with Crippen molar-refractivity contribution in [1.29, 1.82) is 0 Å². The third kappa shape index (κ3) is 4.67. The molecule has 6 nitrogen and oxygen atoms in total. The van der Waals surface area contributed by atoms with E-state index in [0.29, 0.717) is 28.4 Å². The van der Waals surface area contributed by atoms with Gasteiger partial charge in [0.2, 0.25) is 0 Å². The zero-order valence-corrected chi connectivity index (χ0v) is 11.7. The number of carboxylic acids is 1. The van der Waals surface area contributed by atoms with Crippen molar-refractivity contribution in [3.8, 4) is 5.75 Å². The van der Waals surface area contributed by atoms with Gasteiger partial charge in [-0.1, -0.05) is 18.5 Å². The maximum absolute atomic E-state index is 11.2. The number of hydrogen-bond donors (Lipinski definition) is 3. The van der Waals surface area contributed by atoms with E-state index in [4.69, 9.17) is 37.7 Å². The number of primary amides is 1. The Hall–Kier alpha value is -1.95. The minimum Gasteiger partial charge on any atom is -0.496 e. The van der Waals surface area contributed by atoms with Crippen LogP contribution in [0.15, 0.2) is 6.07 Å². The molecule has 1 amide bonds. The van der Waals surface area contributed by atoms with Crippen LogP contribution in [0.3, 0.4) is 0 Å². The number of anilines is 1. The van der Waals surface area contributed by atoms with Crippen molar-refractivity contribution in [3.63, 3.8) is 0 Å². The minimum atomic E-state index is -0.833. The van der Waals surface area contributed by atoms with Crippen molar-refractivity contribution in [3.05, 3.63) is 22.2 Å². The fourth-order valence-corrected chi connectivity index (χ4v) is 1.69. The normalized spacial score (nSPS) is 9.26. The average Bonchev–Trinajstić information content (AvgIpc) is 2.30. The predicted molar refractivity (Wildman–Crippen MR) is 73.6 cm³/mol. The molecule has 0 bridgehead atoms. The van der Waals surface area contributed by atoms with Crippen LogP contribution in [-0.4, -0.2) is 24.1 Å². The summed E-state index contributed by atoms with van der Waals surface area (Å²) in [5.41, 5.74) is 12.4. The number of amides is 1. The second kappa shape index (κ2) is 7.48. The Morgan fingerprint density at radius 2 is 1.95 bits per heavy atom. The summed E-state index contributed by atoms with van der Waals surface area (Å²) in [4.78, 5) is 20.2. The Morgan fingerprint density at radius 3 is 2.26 bits per heavy atom. The van der Waals surface area contributed by atoms with E-state index in [1.807, 2.05) is 6.92 Å². The second-order valence-corrected chi connectivity index (χ2v) is 3.98. The molecule has 0 fully saturated rings. The van der Waals surface area contributed by atoms with Crippen molar-refractivity contribution in [2.75, 3.05) is 12.8 Å². The van der Waals surface area contributed by atoms with Gasteiger partial charge in [0.15, 0.2) is 0 Å². The summed E-state index contributed by atoms with van der Waals surface area (Å²) in [7, 11) is 1.47. The van der Waals surface area contributed by atoms with Gasteiger partial charge in [-0.05, 0) is 12.5 Å². The Bertz CT molecular complexity index is 485. The molecule has 0 spiro atoms. The van der Waals surface area contributed by atoms with E-state index >= 15 is 0 Å². The number of hydrogen-bond acceptors (Lipinski definition) is 4. The summed E-state index contributed by atoms with van der Waals surface area (Å²) >= 11 is 5.88. The molecule has 0 aliphatic heterocycles. The van der Waals surface area contributed by atoms with Crippen LogP contribution in [0, 0.1) is 0 Å². The van der Waals surface area contributed by atoms with E-state index in [2.05, 4.69) is 0 Å². The first-order valence-electron chi connectivity index (χ1n) is 5.40. The van der Waals surface area contributed by atoms with Gasteiger partial charge in [-0.2, -0.15) is 0 Å². The first kappa shape index (κ1) is 17.1. The zero-order chi connectivity index (χ0) is 15.2. The predicted octanol–water partition coefficient (Wildman–Crippen LogP) is 1.68. The molecule has 0 atom stereocenters. The number of carbonyl (C=O) groups is 2. The van der Waals surface area contributed by atoms with Crippen molar-refractivity contribution < 1.29 is 19.4 Å². The highest BCUT2D eigenvalue weighted by Gasteiger charge is 2.17. The molecule has 106 valence electrons. The summed E-state index contributed by atoms with van der Waals surface area (Å²) < 4.78 is 5.13. The van der Waals surface area contributed by atoms with E-state index in [1.54, 1.807) is 0 Å². The first-order valence-corrected chi connectivity index (χ1v) is 5.78. The molecular formula is C12H17ClN2O4. The molecule has 1 rings (SSSR count). The van der Waals surface area contributed by atoms with Gasteiger partial charge in [0.25, 0.3) is 11.9 Å². The SMILES string of the molecule is CC(=O)O.CCc1c(N)c(Cl)cc(C(N)=O)c1OC. The molecule has 5 N–H and O–H groups in total. The molecule has 0 saturated carbocycles. The van der Waals surface area contributed by atoms with Crippen LogP contribution < -0.4 is 16.2 Å². The van der Waals surface area contributed by atoms with Crippen LogP contribution in [0.4, 0.5) is 5.69 Å². The van der Waals surface area contributed by atoms with Gasteiger partial charge < -0.3 is 21.3 Å². The number of nitrogens with two attached hydrogens (primary N) is 2. The Kier molecular flexibility index (Phi) is 6.71. The van der Waals surface area contributed by atoms with Gasteiger partial charge >= 0.3 is 0 Å². The lowest BCUT2D eigenvalue weighted by atomic mass is 10.0. The van der Waals surface area contributed by atoms with Gasteiger partial charge in [-0.3, -0.25) is 9.59 Å². The van der Waals surface area contributed by atoms with E-state index < -0.39 is 11.9 Å². The second-order valence-electron chi connectivity index (χ2n) is 3.57. The summed E-state index contributed by atoms with van der Waals surface area (Å²) in [6, 6.07) is 1.43. The highest BCUT2D eigenvalue weighted by Crippen LogP contribution is 2.34. The van der Waals surface area contributed by atoms with Gasteiger partial charge in [-0.25, -0.2) is 0 Å². The lowest BCUT2D eigenvalue weighted by Crippen LogP contribution is -2.14. The summed E-state index contributed by atoms with van der Waals surface area (Å²) in [6.45, 7) is 2.98. The molecule has 19 heavy (non-hydrogen) atoms. The Morgan fingerprint density at radius 1 is 1.47 bits per heavy atom. The van der Waals surface area contributed by atoms with Crippen molar-refractivity contribution >= 4 is 29.2 Å².